The van der Waals surface area contributed by atoms with Gasteiger partial charge in [0.05, 0.1) is 16.4 Å². The molecule has 0 aliphatic heterocycles. The van der Waals surface area contributed by atoms with Crippen LogP contribution in [-0.4, -0.2) is 25.1 Å². The summed E-state index contributed by atoms with van der Waals surface area (Å²) in [7, 11) is 0. The van der Waals surface area contributed by atoms with Crippen molar-refractivity contribution in [1.82, 2.24) is 25.1 Å². The summed E-state index contributed by atoms with van der Waals surface area (Å²) < 4.78 is 0. The molecule has 2 atom stereocenters. The molecule has 0 saturated carbocycles. The third-order valence-electron chi connectivity index (χ3n) is 4.65. The minimum Gasteiger partial charge on any atom is -0.282 e. The van der Waals surface area contributed by atoms with Crippen molar-refractivity contribution in [2.45, 2.75) is 57.8 Å². The summed E-state index contributed by atoms with van der Waals surface area (Å²) in [4.78, 5) is 13.0. The van der Waals surface area contributed by atoms with Crippen molar-refractivity contribution in [3.05, 3.63) is 58.3 Å². The molecule has 3 aromatic heterocycles. The lowest BCUT2D eigenvalue weighted by molar-refractivity contribution is 0.426. The number of hydrogen-bond donors (Lipinski definition) is 1. The first-order valence-electron chi connectivity index (χ1n) is 8.66. The van der Waals surface area contributed by atoms with Crippen molar-refractivity contribution in [1.29, 1.82) is 0 Å². The third-order valence-corrected chi connectivity index (χ3v) is 5.66. The predicted molar refractivity (Wildman–Crippen MR) is 101 cm³/mol. The second-order valence-corrected chi connectivity index (χ2v) is 8.29. The quantitative estimate of drug-likeness (QED) is 0.679. The molecule has 5 nitrogen and oxygen atoms in total. The van der Waals surface area contributed by atoms with E-state index in [9.17, 15) is 0 Å². The molecule has 0 spiro atoms. The second kappa shape index (κ2) is 7.44. The lowest BCUT2D eigenvalue weighted by Gasteiger charge is -2.25. The van der Waals surface area contributed by atoms with Gasteiger partial charge in [-0.1, -0.05) is 27.7 Å². The van der Waals surface area contributed by atoms with Crippen molar-refractivity contribution < 1.29 is 0 Å². The largest absolute Gasteiger partial charge is 0.282 e. The Balaban J connectivity index is 1.67. The van der Waals surface area contributed by atoms with E-state index in [2.05, 4.69) is 58.9 Å². The van der Waals surface area contributed by atoms with Crippen molar-refractivity contribution >= 4 is 11.3 Å². The van der Waals surface area contributed by atoms with Crippen LogP contribution in [0, 0.1) is 0 Å². The number of rotatable bonds is 7. The van der Waals surface area contributed by atoms with E-state index in [-0.39, 0.29) is 5.41 Å². The highest BCUT2D eigenvalue weighted by atomic mass is 32.1. The number of thiazole rings is 1. The molecule has 3 aromatic rings. The van der Waals surface area contributed by atoms with Gasteiger partial charge in [0.15, 0.2) is 0 Å². The first-order chi connectivity index (χ1) is 12.0. The van der Waals surface area contributed by atoms with Gasteiger partial charge >= 0.3 is 0 Å². The molecule has 0 fully saturated rings. The molecule has 0 aromatic carbocycles. The molecule has 3 rings (SSSR count). The lowest BCUT2D eigenvalue weighted by Crippen LogP contribution is -2.20. The van der Waals surface area contributed by atoms with Gasteiger partial charge in [0, 0.05) is 53.1 Å². The maximum absolute atomic E-state index is 4.53. The van der Waals surface area contributed by atoms with Crippen LogP contribution in [0.1, 0.15) is 68.0 Å². The van der Waals surface area contributed by atoms with E-state index in [1.165, 1.54) is 10.7 Å². The molecule has 1 N–H and O–H groups in total. The zero-order chi connectivity index (χ0) is 17.9. The summed E-state index contributed by atoms with van der Waals surface area (Å²) in [6.07, 6.45) is 9.04. The number of nitrogens with zero attached hydrogens (tertiary/aromatic N) is 4. The fraction of sp³-hybridized carbons (Fsp3) is 0.474. The molecule has 6 heteroatoms. The Morgan fingerprint density at radius 2 is 1.96 bits per heavy atom. The topological polar surface area (TPSA) is 67.3 Å². The summed E-state index contributed by atoms with van der Waals surface area (Å²) in [5, 5.41) is 11.0. The van der Waals surface area contributed by atoms with Crippen LogP contribution in [0.2, 0.25) is 0 Å². The summed E-state index contributed by atoms with van der Waals surface area (Å²) in [6, 6.07) is 2.20. The number of aromatic amines is 1. The molecule has 3 heterocycles. The highest BCUT2D eigenvalue weighted by Gasteiger charge is 2.27. The summed E-state index contributed by atoms with van der Waals surface area (Å²) in [5.41, 5.74) is 3.27. The first-order valence-corrected chi connectivity index (χ1v) is 9.54. The Morgan fingerprint density at radius 1 is 1.12 bits per heavy atom. The molecule has 0 aliphatic rings. The molecule has 0 aliphatic carbocycles. The van der Waals surface area contributed by atoms with Gasteiger partial charge in [0.2, 0.25) is 0 Å². The van der Waals surface area contributed by atoms with Crippen LogP contribution < -0.4 is 0 Å². The SMILES string of the molecule is CC(Cc1cc(C(C)(C)CC(C)c2nccs2)[nH]n1)c1cnccn1. The standard InChI is InChI=1S/C19H25N5S/c1-13(16-12-20-5-6-21-16)9-15-10-17(24-23-15)19(3,4)11-14(2)18-22-7-8-25-18/h5-8,10,12-14H,9,11H2,1-4H3,(H,23,24). The number of nitrogens with one attached hydrogen (secondary N) is 1. The lowest BCUT2D eigenvalue weighted by atomic mass is 9.80. The average Bonchev–Trinajstić information content (AvgIpc) is 3.27. The fourth-order valence-electron chi connectivity index (χ4n) is 3.24. The van der Waals surface area contributed by atoms with Crippen LogP contribution in [0.5, 0.6) is 0 Å². The Kier molecular flexibility index (Phi) is 5.27. The van der Waals surface area contributed by atoms with E-state index in [4.69, 9.17) is 0 Å². The maximum atomic E-state index is 4.53. The molecule has 0 amide bonds. The molecule has 0 radical (unpaired) electrons. The van der Waals surface area contributed by atoms with Crippen LogP contribution in [0.15, 0.2) is 36.2 Å². The van der Waals surface area contributed by atoms with Crippen LogP contribution in [-0.2, 0) is 11.8 Å². The third kappa shape index (κ3) is 4.31. The van der Waals surface area contributed by atoms with Gasteiger partial charge in [-0.3, -0.25) is 15.1 Å². The van der Waals surface area contributed by atoms with Crippen LogP contribution in [0.25, 0.3) is 0 Å². The van der Waals surface area contributed by atoms with Gasteiger partial charge in [0.1, 0.15) is 0 Å². The summed E-state index contributed by atoms with van der Waals surface area (Å²) in [6.45, 7) is 8.93. The molecule has 25 heavy (non-hydrogen) atoms. The predicted octanol–water partition coefficient (Wildman–Crippen LogP) is 4.47. The smallest absolute Gasteiger partial charge is 0.0953 e. The van der Waals surface area contributed by atoms with Crippen molar-refractivity contribution in [2.24, 2.45) is 0 Å². The minimum absolute atomic E-state index is 0.0200. The summed E-state index contributed by atoms with van der Waals surface area (Å²) >= 11 is 1.73. The highest BCUT2D eigenvalue weighted by Crippen LogP contribution is 2.35. The van der Waals surface area contributed by atoms with E-state index in [0.29, 0.717) is 11.8 Å². The maximum Gasteiger partial charge on any atom is 0.0953 e. The molecule has 0 bridgehead atoms. The van der Waals surface area contributed by atoms with Crippen molar-refractivity contribution in [2.75, 3.05) is 0 Å². The number of H-pyrrole nitrogens is 1. The minimum atomic E-state index is 0.0200. The molecule has 132 valence electrons. The molecular formula is C19H25N5S. The van der Waals surface area contributed by atoms with E-state index >= 15 is 0 Å². The second-order valence-electron chi connectivity index (χ2n) is 7.37. The Bertz CT molecular complexity index is 779. The first kappa shape index (κ1) is 17.7. The van der Waals surface area contributed by atoms with Crippen LogP contribution in [0.4, 0.5) is 0 Å². The monoisotopic (exact) mass is 355 g/mol. The molecule has 0 saturated heterocycles. The fourth-order valence-corrected chi connectivity index (χ4v) is 3.94. The average molecular weight is 356 g/mol. The van der Waals surface area contributed by atoms with Crippen LogP contribution >= 0.6 is 11.3 Å². The van der Waals surface area contributed by atoms with Crippen molar-refractivity contribution in [3.8, 4) is 0 Å². The van der Waals surface area contributed by atoms with E-state index in [0.717, 1.165) is 24.2 Å². The highest BCUT2D eigenvalue weighted by molar-refractivity contribution is 7.09. The van der Waals surface area contributed by atoms with Gasteiger partial charge in [0.25, 0.3) is 0 Å². The van der Waals surface area contributed by atoms with Crippen LogP contribution in [0.3, 0.4) is 0 Å². The summed E-state index contributed by atoms with van der Waals surface area (Å²) in [5.74, 6) is 0.725. The van der Waals surface area contributed by atoms with Gasteiger partial charge in [-0.15, -0.1) is 11.3 Å². The van der Waals surface area contributed by atoms with E-state index in [1.54, 1.807) is 23.7 Å². The van der Waals surface area contributed by atoms with Gasteiger partial charge in [-0.25, -0.2) is 4.98 Å². The van der Waals surface area contributed by atoms with Gasteiger partial charge in [-0.2, -0.15) is 5.10 Å². The van der Waals surface area contributed by atoms with Gasteiger partial charge < -0.3 is 0 Å². The number of aromatic nitrogens is 5. The molecule has 2 unspecified atom stereocenters. The zero-order valence-electron chi connectivity index (χ0n) is 15.2. The Labute approximate surface area is 153 Å². The van der Waals surface area contributed by atoms with Crippen molar-refractivity contribution in [3.63, 3.8) is 0 Å². The van der Waals surface area contributed by atoms with E-state index < -0.39 is 0 Å². The molecular weight excluding hydrogens is 330 g/mol. The normalized spacial score (nSPS) is 14.4. The zero-order valence-corrected chi connectivity index (χ0v) is 16.0. The van der Waals surface area contributed by atoms with Gasteiger partial charge in [-0.05, 0) is 18.9 Å². The Morgan fingerprint density at radius 3 is 2.64 bits per heavy atom. The van der Waals surface area contributed by atoms with E-state index in [1.807, 2.05) is 17.8 Å². The number of hydrogen-bond acceptors (Lipinski definition) is 5. The Hall–Kier alpha value is -2.08.